The van der Waals surface area contributed by atoms with Crippen LogP contribution in [0.25, 0.3) is 0 Å². The molecule has 0 bridgehead atoms. The predicted octanol–water partition coefficient (Wildman–Crippen LogP) is 1.39. The summed E-state index contributed by atoms with van der Waals surface area (Å²) in [6.07, 6.45) is -0.224. The van der Waals surface area contributed by atoms with Gasteiger partial charge in [-0.05, 0) is 24.6 Å². The fraction of sp³-hybridized carbons (Fsp3) is 0.385. The van der Waals surface area contributed by atoms with Crippen molar-refractivity contribution in [2.75, 3.05) is 13.7 Å². The van der Waals surface area contributed by atoms with Crippen LogP contribution in [0.4, 0.5) is 0 Å². The van der Waals surface area contributed by atoms with Crippen LogP contribution >= 0.6 is 0 Å². The Morgan fingerprint density at radius 2 is 1.94 bits per heavy atom. The number of carboxylic acid groups (broad SMARTS) is 1. The van der Waals surface area contributed by atoms with E-state index in [-0.39, 0.29) is 12.3 Å². The minimum absolute atomic E-state index is 0.224. The number of amides is 1. The van der Waals surface area contributed by atoms with E-state index in [1.54, 1.807) is 38.3 Å². The lowest BCUT2D eigenvalue weighted by Crippen LogP contribution is -2.30. The Morgan fingerprint density at radius 1 is 1.33 bits per heavy atom. The molecule has 1 rings (SSSR count). The van der Waals surface area contributed by atoms with E-state index >= 15 is 0 Å². The molecule has 1 unspecified atom stereocenters. The van der Waals surface area contributed by atoms with Gasteiger partial charge in [-0.2, -0.15) is 0 Å². The van der Waals surface area contributed by atoms with Gasteiger partial charge in [0.1, 0.15) is 5.75 Å². The number of benzene rings is 1. The molecule has 0 saturated heterocycles. The zero-order valence-electron chi connectivity index (χ0n) is 10.5. The maximum atomic E-state index is 11.8. The van der Waals surface area contributed by atoms with Crippen molar-refractivity contribution in [3.63, 3.8) is 0 Å². The molecule has 98 valence electrons. The van der Waals surface area contributed by atoms with Crippen molar-refractivity contribution < 1.29 is 19.4 Å². The van der Waals surface area contributed by atoms with E-state index in [1.807, 2.05) is 0 Å². The molecule has 0 aliphatic carbocycles. The molecule has 0 aliphatic rings. The highest BCUT2D eigenvalue weighted by Gasteiger charge is 2.23. The second-order valence-corrected chi connectivity index (χ2v) is 3.82. The third-order valence-corrected chi connectivity index (χ3v) is 2.56. The topological polar surface area (TPSA) is 75.6 Å². The van der Waals surface area contributed by atoms with Crippen LogP contribution in [0.1, 0.15) is 24.8 Å². The average Bonchev–Trinajstić information content (AvgIpc) is 2.36. The third kappa shape index (κ3) is 3.76. The maximum Gasteiger partial charge on any atom is 0.304 e. The Bertz CT molecular complexity index is 414. The number of carbonyl (C=O) groups excluding carboxylic acids is 1. The van der Waals surface area contributed by atoms with Crippen LogP contribution in [0.15, 0.2) is 24.3 Å². The number of methoxy groups -OCH3 is 1. The first kappa shape index (κ1) is 14.0. The van der Waals surface area contributed by atoms with E-state index < -0.39 is 11.9 Å². The highest BCUT2D eigenvalue weighted by atomic mass is 16.5. The van der Waals surface area contributed by atoms with Crippen LogP contribution in [0.2, 0.25) is 0 Å². The molecule has 1 aromatic carbocycles. The molecular formula is C13H17NO4. The van der Waals surface area contributed by atoms with Gasteiger partial charge in [0, 0.05) is 6.54 Å². The molecule has 1 aromatic rings. The number of aliphatic carboxylic acids is 1. The van der Waals surface area contributed by atoms with Crippen molar-refractivity contribution in [3.8, 4) is 5.75 Å². The van der Waals surface area contributed by atoms with Gasteiger partial charge < -0.3 is 15.2 Å². The van der Waals surface area contributed by atoms with E-state index in [0.29, 0.717) is 17.9 Å². The summed E-state index contributed by atoms with van der Waals surface area (Å²) in [4.78, 5) is 22.6. The van der Waals surface area contributed by atoms with Gasteiger partial charge >= 0.3 is 5.97 Å². The summed E-state index contributed by atoms with van der Waals surface area (Å²) < 4.78 is 5.02. The highest BCUT2D eigenvalue weighted by Crippen LogP contribution is 2.22. The van der Waals surface area contributed by atoms with Gasteiger partial charge in [0.15, 0.2) is 0 Å². The van der Waals surface area contributed by atoms with E-state index in [1.165, 1.54) is 0 Å². The zero-order valence-corrected chi connectivity index (χ0v) is 10.5. The van der Waals surface area contributed by atoms with Gasteiger partial charge in [-0.3, -0.25) is 9.59 Å². The molecule has 5 nitrogen and oxygen atoms in total. The molecule has 1 amide bonds. The fourth-order valence-electron chi connectivity index (χ4n) is 1.67. The average molecular weight is 251 g/mol. The number of rotatable bonds is 6. The predicted molar refractivity (Wildman–Crippen MR) is 66.7 cm³/mol. The molecule has 2 N–H and O–H groups in total. The standard InChI is InChI=1S/C13H17NO4/c1-3-14-13(17)11(8-12(15)16)9-4-6-10(18-2)7-5-9/h4-7,11H,3,8H2,1-2H3,(H,14,17)(H,15,16). The third-order valence-electron chi connectivity index (χ3n) is 2.56. The fourth-order valence-corrected chi connectivity index (χ4v) is 1.67. The van der Waals surface area contributed by atoms with Crippen LogP contribution in [0, 0.1) is 0 Å². The molecule has 18 heavy (non-hydrogen) atoms. The minimum Gasteiger partial charge on any atom is -0.497 e. The summed E-state index contributed by atoms with van der Waals surface area (Å²) in [7, 11) is 1.55. The van der Waals surface area contributed by atoms with Crippen LogP contribution in [-0.2, 0) is 9.59 Å². The van der Waals surface area contributed by atoms with Gasteiger partial charge in [-0.1, -0.05) is 12.1 Å². The lowest BCUT2D eigenvalue weighted by Gasteiger charge is -2.15. The Labute approximate surface area is 106 Å². The summed E-state index contributed by atoms with van der Waals surface area (Å²) in [5.41, 5.74) is 0.671. The molecule has 1 atom stereocenters. The monoisotopic (exact) mass is 251 g/mol. The van der Waals surface area contributed by atoms with Crippen molar-refractivity contribution in [1.29, 1.82) is 0 Å². The maximum absolute atomic E-state index is 11.8. The van der Waals surface area contributed by atoms with Gasteiger partial charge in [0.2, 0.25) is 5.91 Å². The smallest absolute Gasteiger partial charge is 0.304 e. The van der Waals surface area contributed by atoms with E-state index in [0.717, 1.165) is 0 Å². The first-order chi connectivity index (χ1) is 8.58. The molecular weight excluding hydrogens is 234 g/mol. The van der Waals surface area contributed by atoms with Crippen LogP contribution in [0.3, 0.4) is 0 Å². The number of carbonyl (C=O) groups is 2. The van der Waals surface area contributed by atoms with Crippen molar-refractivity contribution in [2.24, 2.45) is 0 Å². The second-order valence-electron chi connectivity index (χ2n) is 3.82. The second kappa shape index (κ2) is 6.64. The van der Waals surface area contributed by atoms with E-state index in [9.17, 15) is 9.59 Å². The minimum atomic E-state index is -0.998. The summed E-state index contributed by atoms with van der Waals surface area (Å²) >= 11 is 0. The molecule has 0 radical (unpaired) electrons. The number of hydrogen-bond acceptors (Lipinski definition) is 3. The van der Waals surface area contributed by atoms with Crippen molar-refractivity contribution in [2.45, 2.75) is 19.3 Å². The van der Waals surface area contributed by atoms with Crippen LogP contribution in [-0.4, -0.2) is 30.6 Å². The largest absolute Gasteiger partial charge is 0.497 e. The van der Waals surface area contributed by atoms with Crippen LogP contribution in [0.5, 0.6) is 5.75 Å². The first-order valence-corrected chi connectivity index (χ1v) is 5.72. The summed E-state index contributed by atoms with van der Waals surface area (Å²) in [5, 5.41) is 11.5. The quantitative estimate of drug-likeness (QED) is 0.801. The van der Waals surface area contributed by atoms with Crippen molar-refractivity contribution in [3.05, 3.63) is 29.8 Å². The molecule has 0 spiro atoms. The number of hydrogen-bond donors (Lipinski definition) is 2. The number of likely N-dealkylation sites (N-methyl/N-ethyl adjacent to an activating group) is 1. The van der Waals surface area contributed by atoms with Crippen molar-refractivity contribution >= 4 is 11.9 Å². The lowest BCUT2D eigenvalue weighted by molar-refractivity contribution is -0.139. The Kier molecular flexibility index (Phi) is 5.17. The van der Waals surface area contributed by atoms with Crippen molar-refractivity contribution in [1.82, 2.24) is 5.32 Å². The molecule has 0 fully saturated rings. The van der Waals surface area contributed by atoms with Gasteiger partial charge in [0.05, 0.1) is 19.4 Å². The lowest BCUT2D eigenvalue weighted by atomic mass is 9.94. The molecule has 0 aliphatic heterocycles. The number of nitrogens with one attached hydrogen (secondary N) is 1. The zero-order chi connectivity index (χ0) is 13.5. The number of ether oxygens (including phenoxy) is 1. The summed E-state index contributed by atoms with van der Waals surface area (Å²) in [6, 6.07) is 6.84. The number of carboxylic acids is 1. The normalized spacial score (nSPS) is 11.7. The molecule has 0 saturated carbocycles. The summed E-state index contributed by atoms with van der Waals surface area (Å²) in [6.45, 7) is 2.27. The molecule has 0 heterocycles. The molecule has 5 heteroatoms. The van der Waals surface area contributed by atoms with E-state index in [4.69, 9.17) is 9.84 Å². The Balaban J connectivity index is 2.93. The van der Waals surface area contributed by atoms with Gasteiger partial charge in [-0.25, -0.2) is 0 Å². The van der Waals surface area contributed by atoms with Gasteiger partial charge in [-0.15, -0.1) is 0 Å². The van der Waals surface area contributed by atoms with Crippen LogP contribution < -0.4 is 10.1 Å². The van der Waals surface area contributed by atoms with E-state index in [2.05, 4.69) is 5.32 Å². The first-order valence-electron chi connectivity index (χ1n) is 5.72. The Hall–Kier alpha value is -2.04. The Morgan fingerprint density at radius 3 is 2.39 bits per heavy atom. The SMILES string of the molecule is CCNC(=O)C(CC(=O)O)c1ccc(OC)cc1. The van der Waals surface area contributed by atoms with Gasteiger partial charge in [0.25, 0.3) is 0 Å². The highest BCUT2D eigenvalue weighted by molar-refractivity contribution is 5.87. The molecule has 0 aromatic heterocycles. The summed E-state index contributed by atoms with van der Waals surface area (Å²) in [5.74, 6) is -1.27.